The molecule has 0 aliphatic heterocycles. The number of aromatic nitrogens is 1. The molecule has 82 valence electrons. The van der Waals surface area contributed by atoms with E-state index in [0.717, 1.165) is 6.07 Å². The quantitative estimate of drug-likeness (QED) is 0.783. The van der Waals surface area contributed by atoms with Crippen LogP contribution in [0, 0.1) is 5.82 Å². The molecule has 1 atom stereocenters. The molecule has 5 heteroatoms. The van der Waals surface area contributed by atoms with E-state index in [4.69, 9.17) is 5.73 Å². The number of nitrogen functional groups attached to an aromatic ring is 1. The zero-order valence-corrected chi connectivity index (χ0v) is 8.01. The Balaban J connectivity index is 2.33. The molecular weight excluding hydrogens is 205 g/mol. The first-order valence-corrected chi connectivity index (χ1v) is 4.79. The summed E-state index contributed by atoms with van der Waals surface area (Å²) in [5.41, 5.74) is 5.42. The van der Waals surface area contributed by atoms with Gasteiger partial charge in [-0.3, -0.25) is 0 Å². The minimum absolute atomic E-state index is 0.135. The fourth-order valence-electron chi connectivity index (χ4n) is 1.99. The van der Waals surface area contributed by atoms with Gasteiger partial charge in [-0.15, -0.1) is 0 Å². The van der Waals surface area contributed by atoms with E-state index in [2.05, 4.69) is 4.98 Å². The molecule has 0 saturated heterocycles. The van der Waals surface area contributed by atoms with Gasteiger partial charge in [-0.1, -0.05) is 0 Å². The largest absolute Gasteiger partial charge is 0.381 e. The molecule has 0 spiro atoms. The molecule has 1 fully saturated rings. The highest BCUT2D eigenvalue weighted by Gasteiger charge is 2.44. The lowest BCUT2D eigenvalue weighted by molar-refractivity contribution is -0.00909. The fraction of sp³-hybridized carbons (Fsp3) is 0.500. The number of nitrogens with two attached hydrogens (primary N) is 1. The number of hydrogen-bond donors (Lipinski definition) is 1. The molecule has 0 bridgehead atoms. The predicted octanol–water partition coefficient (Wildman–Crippen LogP) is 2.71. The van der Waals surface area contributed by atoms with E-state index in [1.54, 1.807) is 0 Å². The van der Waals surface area contributed by atoms with E-state index < -0.39 is 17.7 Å². The lowest BCUT2D eigenvalue weighted by Gasteiger charge is -2.18. The summed E-state index contributed by atoms with van der Waals surface area (Å²) < 4.78 is 39.7. The molecule has 2 N–H and O–H groups in total. The highest BCUT2D eigenvalue weighted by Crippen LogP contribution is 2.46. The van der Waals surface area contributed by atoms with Crippen LogP contribution in [-0.2, 0) is 0 Å². The second kappa shape index (κ2) is 3.40. The van der Waals surface area contributed by atoms with Crippen molar-refractivity contribution in [3.05, 3.63) is 23.6 Å². The van der Waals surface area contributed by atoms with Crippen molar-refractivity contribution in [3.8, 4) is 0 Å². The van der Waals surface area contributed by atoms with Crippen molar-refractivity contribution < 1.29 is 13.2 Å². The zero-order valence-electron chi connectivity index (χ0n) is 8.01. The molecule has 2 rings (SSSR count). The number of pyridine rings is 1. The minimum atomic E-state index is -2.75. The average Bonchev–Trinajstić information content (AvgIpc) is 2.50. The van der Waals surface area contributed by atoms with E-state index >= 15 is 0 Å². The predicted molar refractivity (Wildman–Crippen MR) is 50.1 cm³/mol. The molecule has 0 radical (unpaired) electrons. The number of hydrogen-bond acceptors (Lipinski definition) is 2. The van der Waals surface area contributed by atoms with Gasteiger partial charge in [0, 0.05) is 18.5 Å². The van der Waals surface area contributed by atoms with Crippen LogP contribution in [0.3, 0.4) is 0 Å². The van der Waals surface area contributed by atoms with Gasteiger partial charge in [-0.25, -0.2) is 18.2 Å². The van der Waals surface area contributed by atoms with Gasteiger partial charge in [0.1, 0.15) is 0 Å². The van der Waals surface area contributed by atoms with Crippen LogP contribution in [0.2, 0.25) is 0 Å². The Morgan fingerprint density at radius 1 is 1.47 bits per heavy atom. The number of nitrogens with zero attached hydrogens (tertiary/aromatic N) is 1. The maximum absolute atomic E-state index is 13.3. The van der Waals surface area contributed by atoms with Crippen LogP contribution in [-0.4, -0.2) is 10.9 Å². The summed E-state index contributed by atoms with van der Waals surface area (Å²) in [4.78, 5) is 3.56. The van der Waals surface area contributed by atoms with E-state index in [9.17, 15) is 13.2 Å². The van der Waals surface area contributed by atoms with E-state index in [0.29, 0.717) is 12.8 Å². The SMILES string of the molecule is Nc1ncc(C2CCCC2(F)F)cc1F. The number of alkyl halides is 2. The third-order valence-corrected chi connectivity index (χ3v) is 2.81. The fourth-order valence-corrected chi connectivity index (χ4v) is 1.99. The van der Waals surface area contributed by atoms with Gasteiger partial charge in [0.15, 0.2) is 11.6 Å². The molecule has 1 unspecified atom stereocenters. The molecule has 1 heterocycles. The first-order valence-electron chi connectivity index (χ1n) is 4.79. The number of anilines is 1. The molecule has 1 aliphatic rings. The maximum Gasteiger partial charge on any atom is 0.254 e. The summed E-state index contributed by atoms with van der Waals surface area (Å²) in [6, 6.07) is 1.06. The van der Waals surface area contributed by atoms with Gasteiger partial charge in [0.05, 0.1) is 0 Å². The second-order valence-electron chi connectivity index (χ2n) is 3.84. The molecule has 0 aromatic carbocycles. The van der Waals surface area contributed by atoms with E-state index in [-0.39, 0.29) is 17.8 Å². The van der Waals surface area contributed by atoms with Crippen LogP contribution in [0.5, 0.6) is 0 Å². The van der Waals surface area contributed by atoms with Gasteiger partial charge in [0.25, 0.3) is 5.92 Å². The third-order valence-electron chi connectivity index (χ3n) is 2.81. The Bertz CT molecular complexity index is 379. The third kappa shape index (κ3) is 1.78. The Morgan fingerprint density at radius 2 is 2.20 bits per heavy atom. The van der Waals surface area contributed by atoms with Crippen molar-refractivity contribution in [1.82, 2.24) is 4.98 Å². The molecule has 2 nitrogen and oxygen atoms in total. The van der Waals surface area contributed by atoms with Crippen LogP contribution in [0.1, 0.15) is 30.7 Å². The first-order chi connectivity index (χ1) is 7.00. The van der Waals surface area contributed by atoms with Crippen molar-refractivity contribution >= 4 is 5.82 Å². The second-order valence-corrected chi connectivity index (χ2v) is 3.84. The summed E-state index contributed by atoms with van der Waals surface area (Å²) in [6.07, 6.45) is 1.94. The Morgan fingerprint density at radius 3 is 2.73 bits per heavy atom. The van der Waals surface area contributed by atoms with Crippen molar-refractivity contribution in [1.29, 1.82) is 0 Å². The topological polar surface area (TPSA) is 38.9 Å². The summed E-state index contributed by atoms with van der Waals surface area (Å²) in [6.45, 7) is 0. The van der Waals surface area contributed by atoms with Crippen molar-refractivity contribution in [2.24, 2.45) is 0 Å². The van der Waals surface area contributed by atoms with Crippen LogP contribution in [0.25, 0.3) is 0 Å². The molecule has 1 aromatic rings. The van der Waals surface area contributed by atoms with Crippen LogP contribution >= 0.6 is 0 Å². The first kappa shape index (κ1) is 10.3. The zero-order chi connectivity index (χ0) is 11.1. The molecule has 1 aromatic heterocycles. The standard InChI is InChI=1S/C10H11F3N2/c11-8-4-6(5-15-9(8)14)7-2-1-3-10(7,12)13/h4-5,7H,1-3H2,(H2,14,15). The van der Waals surface area contributed by atoms with Gasteiger partial charge in [0.2, 0.25) is 0 Å². The molecule has 1 saturated carbocycles. The molecule has 15 heavy (non-hydrogen) atoms. The summed E-state index contributed by atoms with van der Waals surface area (Å²) in [7, 11) is 0. The van der Waals surface area contributed by atoms with Crippen LogP contribution < -0.4 is 5.73 Å². The smallest absolute Gasteiger partial charge is 0.254 e. The highest BCUT2D eigenvalue weighted by atomic mass is 19.3. The van der Waals surface area contributed by atoms with E-state index in [1.165, 1.54) is 6.20 Å². The number of halogens is 3. The molecule has 0 amide bonds. The highest BCUT2D eigenvalue weighted by molar-refractivity contribution is 5.34. The maximum atomic E-state index is 13.3. The minimum Gasteiger partial charge on any atom is -0.381 e. The van der Waals surface area contributed by atoms with Crippen LogP contribution in [0.4, 0.5) is 19.0 Å². The summed E-state index contributed by atoms with van der Waals surface area (Å²) in [5, 5.41) is 0. The van der Waals surface area contributed by atoms with Gasteiger partial charge in [-0.05, 0) is 24.5 Å². The Labute approximate surface area is 85.3 Å². The summed E-state index contributed by atoms with van der Waals surface area (Å²) >= 11 is 0. The lowest BCUT2D eigenvalue weighted by atomic mass is 9.96. The normalized spacial score (nSPS) is 24.3. The lowest BCUT2D eigenvalue weighted by Crippen LogP contribution is -2.20. The molecular formula is C10H11F3N2. The van der Waals surface area contributed by atoms with Crippen molar-refractivity contribution in [2.75, 3.05) is 5.73 Å². The van der Waals surface area contributed by atoms with Gasteiger partial charge >= 0.3 is 0 Å². The average molecular weight is 216 g/mol. The molecule has 1 aliphatic carbocycles. The van der Waals surface area contributed by atoms with Gasteiger partial charge in [-0.2, -0.15) is 0 Å². The Hall–Kier alpha value is -1.26. The number of rotatable bonds is 1. The Kier molecular flexibility index (Phi) is 2.32. The van der Waals surface area contributed by atoms with Crippen molar-refractivity contribution in [2.45, 2.75) is 31.1 Å². The van der Waals surface area contributed by atoms with Crippen molar-refractivity contribution in [3.63, 3.8) is 0 Å². The van der Waals surface area contributed by atoms with E-state index in [1.807, 2.05) is 0 Å². The monoisotopic (exact) mass is 216 g/mol. The van der Waals surface area contributed by atoms with Crippen LogP contribution in [0.15, 0.2) is 12.3 Å². The van der Waals surface area contributed by atoms with Gasteiger partial charge < -0.3 is 5.73 Å². The summed E-state index contributed by atoms with van der Waals surface area (Å²) in [5.74, 6) is -4.64.